The first kappa shape index (κ1) is 105. The second-order valence-electron chi connectivity index (χ2n) is 44.3. The summed E-state index contributed by atoms with van der Waals surface area (Å²) in [4.78, 5) is 166. The SMILES string of the molecule is CN(C)CCCN(C)c1ccccc1C1SC(CC(=O)N2CCC(n3c(=O)[nH]c4ncccc43)CC2)C(=O)N1CCC(C)(C)C.CN(C)CCN(C)c1ccccc1C1SC(CC(=O)N2CCC(N3CCc4ccccc4NC3=O)CC2)C(=O)N1CCC(C)(C)C.CN1CCC(N2CCN(c3ccccc3C3SC(CC(=O)N4CCC(n5c(=O)[nH]c6ncccc65)CC4)C(=O)N3CCC(C)(C)C)CC2)CC1.[HH].[HH].[HH]. The number of benzene rings is 4. The maximum atomic E-state index is 14.2. The Morgan fingerprint density at radius 3 is 1.25 bits per heavy atom. The zero-order valence-electron chi connectivity index (χ0n) is 86.4. The van der Waals surface area contributed by atoms with Gasteiger partial charge in [-0.25, -0.2) is 24.4 Å². The molecule has 13 heterocycles. The van der Waals surface area contributed by atoms with E-state index < -0.39 is 15.7 Å². The molecule has 8 aromatic rings. The minimum atomic E-state index is -0.422. The third-order valence-corrected chi connectivity index (χ3v) is 34.2. The highest BCUT2D eigenvalue weighted by molar-refractivity contribution is 8.01. The molecule has 6 unspecified atom stereocenters. The molecule has 33 heteroatoms. The van der Waals surface area contributed by atoms with Crippen LogP contribution >= 0.6 is 35.3 Å². The number of amides is 8. The number of thioether (sulfide) groups is 3. The van der Waals surface area contributed by atoms with Gasteiger partial charge in [0.1, 0.15) is 16.1 Å². The Hall–Kier alpha value is -9.90. The molecule has 9 aliphatic heterocycles. The van der Waals surface area contributed by atoms with Gasteiger partial charge in [-0.15, -0.1) is 35.3 Å². The van der Waals surface area contributed by atoms with Crippen LogP contribution in [-0.2, 0) is 35.2 Å². The molecule has 3 N–H and O–H groups in total. The Morgan fingerprint density at radius 2 is 0.809 bits per heavy atom. The van der Waals surface area contributed by atoms with Gasteiger partial charge in [0.15, 0.2) is 11.3 Å². The third kappa shape index (κ3) is 26.5. The van der Waals surface area contributed by atoms with Crippen molar-refractivity contribution in [3.8, 4) is 0 Å². The second kappa shape index (κ2) is 46.9. The highest BCUT2D eigenvalue weighted by Gasteiger charge is 2.49. The minimum absolute atomic E-state index is 0. The first-order chi connectivity index (χ1) is 67.4. The Bertz CT molecular complexity index is 5740. The van der Waals surface area contributed by atoms with Crippen LogP contribution in [0.5, 0.6) is 0 Å². The van der Waals surface area contributed by atoms with E-state index in [1.165, 1.54) is 37.2 Å². The number of pyridine rings is 2. The van der Waals surface area contributed by atoms with Gasteiger partial charge in [0.2, 0.25) is 35.4 Å². The van der Waals surface area contributed by atoms with Crippen molar-refractivity contribution in [1.29, 1.82) is 0 Å². The summed E-state index contributed by atoms with van der Waals surface area (Å²) in [6.07, 6.45) is 15.2. The van der Waals surface area contributed by atoms with Crippen LogP contribution in [0.15, 0.2) is 143 Å². The Labute approximate surface area is 851 Å². The van der Waals surface area contributed by atoms with Crippen molar-refractivity contribution in [2.24, 2.45) is 16.2 Å². The van der Waals surface area contributed by atoms with Gasteiger partial charge in [0.25, 0.3) is 0 Å². The molecule has 8 amide bonds. The molecule has 0 radical (unpaired) electrons. The minimum Gasteiger partial charge on any atom is -0.374 e. The molecule has 141 heavy (non-hydrogen) atoms. The van der Waals surface area contributed by atoms with E-state index in [9.17, 15) is 43.2 Å². The molecular formula is C108H161N21O9S3. The van der Waals surface area contributed by atoms with Gasteiger partial charge < -0.3 is 69.0 Å². The Morgan fingerprint density at radius 1 is 0.418 bits per heavy atom. The van der Waals surface area contributed by atoms with Gasteiger partial charge >= 0.3 is 17.4 Å². The average Bonchev–Trinajstić information content (AvgIpc) is 1.82. The number of urea groups is 1. The number of likely N-dealkylation sites (tertiary alicyclic amines) is 4. The van der Waals surface area contributed by atoms with E-state index in [0.717, 1.165) is 142 Å². The molecule has 17 rings (SSSR count). The van der Waals surface area contributed by atoms with Gasteiger partial charge in [-0.2, -0.15) is 0 Å². The van der Waals surface area contributed by atoms with E-state index in [1.54, 1.807) is 56.8 Å². The van der Waals surface area contributed by atoms with Crippen LogP contribution in [0.2, 0.25) is 0 Å². The number of piperazine rings is 1. The van der Waals surface area contributed by atoms with Crippen LogP contribution in [0, 0.1) is 16.2 Å². The van der Waals surface area contributed by atoms with Crippen LogP contribution in [0.3, 0.4) is 0 Å². The maximum Gasteiger partial charge on any atom is 0.327 e. The molecular weight excluding hydrogens is 1830 g/mol. The second-order valence-corrected chi connectivity index (χ2v) is 48.2. The number of aromatic amines is 2. The lowest BCUT2D eigenvalue weighted by molar-refractivity contribution is -0.137. The van der Waals surface area contributed by atoms with Crippen molar-refractivity contribution in [2.75, 3.05) is 200 Å². The number of imidazole rings is 2. The first-order valence-electron chi connectivity index (χ1n) is 51.5. The van der Waals surface area contributed by atoms with Crippen LogP contribution in [0.1, 0.15) is 213 Å². The lowest BCUT2D eigenvalue weighted by Crippen LogP contribution is -2.53. The number of nitrogens with zero attached hydrogens (tertiary/aromatic N) is 18. The van der Waals surface area contributed by atoms with Crippen molar-refractivity contribution in [2.45, 2.75) is 221 Å². The third-order valence-electron chi connectivity index (χ3n) is 29.8. The van der Waals surface area contributed by atoms with E-state index in [2.05, 4.69) is 255 Å². The molecule has 0 spiro atoms. The first-order valence-corrected chi connectivity index (χ1v) is 54.4. The van der Waals surface area contributed by atoms with Crippen LogP contribution in [0.25, 0.3) is 22.3 Å². The van der Waals surface area contributed by atoms with Crippen molar-refractivity contribution in [3.05, 3.63) is 177 Å². The van der Waals surface area contributed by atoms with Crippen molar-refractivity contribution >= 4 is 122 Å². The summed E-state index contributed by atoms with van der Waals surface area (Å²) in [6.45, 7) is 36.2. The molecule has 9 aliphatic rings. The van der Waals surface area contributed by atoms with Crippen molar-refractivity contribution < 1.29 is 37.8 Å². The molecule has 4 aromatic heterocycles. The van der Waals surface area contributed by atoms with Gasteiger partial charge in [-0.3, -0.25) is 52.8 Å². The molecule has 0 saturated carbocycles. The molecule has 6 atom stereocenters. The highest BCUT2D eigenvalue weighted by Crippen LogP contribution is 2.52. The fourth-order valence-electron chi connectivity index (χ4n) is 21.3. The Balaban J connectivity index is 0.000000191. The lowest BCUT2D eigenvalue weighted by atomic mass is 9.92. The quantitative estimate of drug-likeness (QED) is 0.0393. The number of hydrogen-bond acceptors (Lipinski definition) is 21. The zero-order chi connectivity index (χ0) is 100. The predicted molar refractivity (Wildman–Crippen MR) is 578 cm³/mol. The average molecular weight is 1990 g/mol. The summed E-state index contributed by atoms with van der Waals surface area (Å²) < 4.78 is 3.58. The van der Waals surface area contributed by atoms with Crippen LogP contribution in [0.4, 0.5) is 27.5 Å². The van der Waals surface area contributed by atoms with Gasteiger partial charge in [0.05, 0.1) is 26.8 Å². The van der Waals surface area contributed by atoms with Gasteiger partial charge in [-0.05, 0) is 209 Å². The van der Waals surface area contributed by atoms with Gasteiger partial charge in [0, 0.05) is 225 Å². The van der Waals surface area contributed by atoms with Crippen molar-refractivity contribution in [3.63, 3.8) is 0 Å². The molecule has 770 valence electrons. The topological polar surface area (TPSA) is 278 Å². The smallest absolute Gasteiger partial charge is 0.327 e. The van der Waals surface area contributed by atoms with Crippen molar-refractivity contribution in [1.82, 2.24) is 83.0 Å². The van der Waals surface area contributed by atoms with E-state index in [0.29, 0.717) is 108 Å². The summed E-state index contributed by atoms with van der Waals surface area (Å²) in [5.41, 5.74) is 11.7. The zero-order valence-corrected chi connectivity index (χ0v) is 88.8. The summed E-state index contributed by atoms with van der Waals surface area (Å²) in [5, 5.41) is 1.43. The lowest BCUT2D eigenvalue weighted by Gasteiger charge is -2.43. The normalized spacial score (nSPS) is 21.5. The fraction of sp³-hybridized carbons (Fsp3) is 0.602. The maximum absolute atomic E-state index is 14.2. The molecule has 4 aromatic carbocycles. The Kier molecular flexibility index (Phi) is 35.0. The summed E-state index contributed by atoms with van der Waals surface area (Å²) in [5.74, 6) is 0.265. The van der Waals surface area contributed by atoms with Gasteiger partial charge in [-0.1, -0.05) is 135 Å². The van der Waals surface area contributed by atoms with E-state index in [1.807, 2.05) is 71.9 Å². The predicted octanol–water partition coefficient (Wildman–Crippen LogP) is 15.6. The summed E-state index contributed by atoms with van der Waals surface area (Å²) in [6, 6.07) is 41.6. The fourth-order valence-corrected chi connectivity index (χ4v) is 25.8. The van der Waals surface area contributed by atoms with Crippen LogP contribution < -0.4 is 31.4 Å². The standard InChI is InChI=1S/C38H54N8O3S.C36H52N6O3S.C34H49N7O3S.3H2/c1-38(2,3)15-21-45-35(48)32(26-33(47)44-19-13-28(14-20-44)46-31-10-7-16-39-34(31)40-37(46)49)50-36(45)29-8-5-6-9-30(29)43-24-22-42(23-25-43)27-11-17-41(4)18-12-27;1-36(2,3)18-22-42-33(44)31(46-34(42)28-12-8-10-14-30(28)39(6)24-23-38(4)5)25-32(43)40-19-16-27(17-20-40)41-21-15-26-11-7-9-13-29(26)37-35(41)45;1-34(2,3)16-22-40-31(43)28(45-32(40)25-11-7-8-12-26(25)38(6)19-10-18-37(4)5)23-29(42)39-20-14-24(15-21-39)41-27-13-9-17-35-30(27)36-33(41)44;;;/h5-10,16,27-28,32,36H,11-15,17-26H2,1-4H3,(H,39,40,49);7-14,27,31,34H,15-25H2,1-6H3,(H,37,45);7-9,11-13,17,24,28,32H,10,14-16,18-23H2,1-6H3,(H,35,36,44);3*1H. The molecule has 8 fully saturated rings. The number of piperidine rings is 4. The monoisotopic (exact) mass is 1990 g/mol. The molecule has 8 saturated heterocycles. The molecule has 30 nitrogen and oxygen atoms in total. The molecule has 0 aliphatic carbocycles. The highest BCUT2D eigenvalue weighted by atomic mass is 32.2. The number of carbonyl (C=O) groups excluding carboxylic acids is 7. The number of rotatable bonds is 29. The van der Waals surface area contributed by atoms with E-state index in [4.69, 9.17) is 0 Å². The number of aromatic nitrogens is 6. The molecule has 0 bridgehead atoms. The number of nitrogens with one attached hydrogen (secondary N) is 3. The summed E-state index contributed by atoms with van der Waals surface area (Å²) in [7, 11) is 14.8. The number of H-pyrrole nitrogens is 2. The number of hydrogen-bond donors (Lipinski definition) is 3. The van der Waals surface area contributed by atoms with Crippen LogP contribution in [-0.4, -0.2) is 333 Å². The number of carbonyl (C=O) groups is 7. The number of anilines is 4. The van der Waals surface area contributed by atoms with E-state index in [-0.39, 0.29) is 127 Å². The van der Waals surface area contributed by atoms with E-state index >= 15 is 0 Å². The number of likely N-dealkylation sites (N-methyl/N-ethyl adjacent to an activating group) is 2. The summed E-state index contributed by atoms with van der Waals surface area (Å²) >= 11 is 4.91. The number of para-hydroxylation sites is 4. The number of fused-ring (bicyclic) bond motifs is 3. The largest absolute Gasteiger partial charge is 0.374 e.